The third-order valence-corrected chi connectivity index (χ3v) is 2.55. The van der Waals surface area contributed by atoms with Crippen LogP contribution in [0, 0.1) is 0 Å². The Morgan fingerprint density at radius 2 is 1.72 bits per heavy atom. The third kappa shape index (κ3) is 7.50. The van der Waals surface area contributed by atoms with E-state index in [0.29, 0.717) is 19.4 Å². The number of nitrogens with one attached hydrogen (secondary N) is 1. The van der Waals surface area contributed by atoms with Crippen molar-refractivity contribution in [3.05, 3.63) is 0 Å². The Hall–Kier alpha value is -0.810. The van der Waals surface area contributed by atoms with Crippen molar-refractivity contribution in [2.75, 3.05) is 19.6 Å². The Morgan fingerprint density at radius 1 is 1.22 bits per heavy atom. The summed E-state index contributed by atoms with van der Waals surface area (Å²) in [5, 5.41) is 2.72. The molecular weight excluding hydrogens is 254 g/mol. The van der Waals surface area contributed by atoms with Crippen LogP contribution < -0.4 is 11.1 Å². The first-order chi connectivity index (χ1) is 7.82. The van der Waals surface area contributed by atoms with Crippen molar-refractivity contribution in [2.45, 2.75) is 46.1 Å². The summed E-state index contributed by atoms with van der Waals surface area (Å²) in [7, 11) is 0. The Bertz CT molecular complexity index is 261. The molecule has 6 heteroatoms. The SMILES string of the molecule is CCN(CC)C(=O)CCCNC(=O)C(C)(C)N.Cl. The standard InChI is InChI=1S/C12H25N3O2.ClH/c1-5-15(6-2)10(16)8-7-9-14-11(17)12(3,4)13;/h5-9,13H2,1-4H3,(H,14,17);1H. The highest BCUT2D eigenvalue weighted by Crippen LogP contribution is 1.99. The van der Waals surface area contributed by atoms with Crippen LogP contribution in [-0.4, -0.2) is 41.9 Å². The maximum absolute atomic E-state index is 11.6. The molecule has 0 aliphatic carbocycles. The fourth-order valence-electron chi connectivity index (χ4n) is 1.40. The summed E-state index contributed by atoms with van der Waals surface area (Å²) in [6, 6.07) is 0. The molecule has 0 heterocycles. The fraction of sp³-hybridized carbons (Fsp3) is 0.833. The van der Waals surface area contributed by atoms with Crippen LogP contribution in [0.2, 0.25) is 0 Å². The number of carbonyl (C=O) groups is 2. The molecule has 0 radical (unpaired) electrons. The maximum atomic E-state index is 11.6. The number of hydrogen-bond donors (Lipinski definition) is 2. The van der Waals surface area contributed by atoms with Crippen molar-refractivity contribution in [2.24, 2.45) is 5.73 Å². The number of nitrogens with zero attached hydrogens (tertiary/aromatic N) is 1. The van der Waals surface area contributed by atoms with Gasteiger partial charge in [-0.05, 0) is 34.1 Å². The van der Waals surface area contributed by atoms with Gasteiger partial charge in [0, 0.05) is 26.1 Å². The molecule has 0 aliphatic heterocycles. The second-order valence-corrected chi connectivity index (χ2v) is 4.65. The monoisotopic (exact) mass is 279 g/mol. The molecule has 0 fully saturated rings. The quantitative estimate of drug-likeness (QED) is 0.680. The Balaban J connectivity index is 0. The highest BCUT2D eigenvalue weighted by molar-refractivity contribution is 5.85. The lowest BCUT2D eigenvalue weighted by Gasteiger charge is -2.19. The van der Waals surface area contributed by atoms with E-state index in [1.807, 2.05) is 13.8 Å². The zero-order chi connectivity index (χ0) is 13.5. The molecule has 2 amide bonds. The van der Waals surface area contributed by atoms with Crippen LogP contribution in [0.25, 0.3) is 0 Å². The van der Waals surface area contributed by atoms with Crippen molar-refractivity contribution in [1.82, 2.24) is 10.2 Å². The predicted octanol–water partition coefficient (Wildman–Crippen LogP) is 0.910. The molecule has 0 spiro atoms. The van der Waals surface area contributed by atoms with Gasteiger partial charge in [0.2, 0.25) is 11.8 Å². The number of halogens is 1. The minimum absolute atomic E-state index is 0. The summed E-state index contributed by atoms with van der Waals surface area (Å²) >= 11 is 0. The smallest absolute Gasteiger partial charge is 0.239 e. The number of rotatable bonds is 7. The van der Waals surface area contributed by atoms with Gasteiger partial charge in [0.1, 0.15) is 0 Å². The van der Waals surface area contributed by atoms with Crippen LogP contribution in [0.5, 0.6) is 0 Å². The summed E-state index contributed by atoms with van der Waals surface area (Å²) < 4.78 is 0. The molecular formula is C12H26ClN3O2. The maximum Gasteiger partial charge on any atom is 0.239 e. The van der Waals surface area contributed by atoms with Crippen molar-refractivity contribution in [3.8, 4) is 0 Å². The molecule has 0 aromatic carbocycles. The largest absolute Gasteiger partial charge is 0.355 e. The van der Waals surface area contributed by atoms with E-state index in [0.717, 1.165) is 13.1 Å². The van der Waals surface area contributed by atoms with Gasteiger partial charge in [0.05, 0.1) is 5.54 Å². The Labute approximate surface area is 116 Å². The Morgan fingerprint density at radius 3 is 2.11 bits per heavy atom. The van der Waals surface area contributed by atoms with E-state index >= 15 is 0 Å². The summed E-state index contributed by atoms with van der Waals surface area (Å²) in [4.78, 5) is 24.8. The summed E-state index contributed by atoms with van der Waals surface area (Å²) in [6.45, 7) is 9.19. The molecule has 0 bridgehead atoms. The second-order valence-electron chi connectivity index (χ2n) is 4.65. The lowest BCUT2D eigenvalue weighted by molar-refractivity contribution is -0.131. The van der Waals surface area contributed by atoms with Crippen LogP contribution in [0.3, 0.4) is 0 Å². The van der Waals surface area contributed by atoms with Gasteiger partial charge < -0.3 is 16.0 Å². The molecule has 0 atom stereocenters. The van der Waals surface area contributed by atoms with E-state index in [4.69, 9.17) is 5.73 Å². The molecule has 5 nitrogen and oxygen atoms in total. The van der Waals surface area contributed by atoms with Crippen LogP contribution in [0.1, 0.15) is 40.5 Å². The number of hydrogen-bond acceptors (Lipinski definition) is 3. The molecule has 0 unspecified atom stereocenters. The molecule has 18 heavy (non-hydrogen) atoms. The molecule has 3 N–H and O–H groups in total. The molecule has 0 aromatic rings. The van der Waals surface area contributed by atoms with Crippen LogP contribution in [0.4, 0.5) is 0 Å². The zero-order valence-electron chi connectivity index (χ0n) is 11.8. The number of carbonyl (C=O) groups excluding carboxylic acids is 2. The lowest BCUT2D eigenvalue weighted by atomic mass is 10.1. The lowest BCUT2D eigenvalue weighted by Crippen LogP contribution is -2.49. The van der Waals surface area contributed by atoms with E-state index in [1.165, 1.54) is 0 Å². The minimum Gasteiger partial charge on any atom is -0.355 e. The fourth-order valence-corrected chi connectivity index (χ4v) is 1.40. The highest BCUT2D eigenvalue weighted by atomic mass is 35.5. The van der Waals surface area contributed by atoms with Gasteiger partial charge in [0.15, 0.2) is 0 Å². The van der Waals surface area contributed by atoms with Gasteiger partial charge >= 0.3 is 0 Å². The van der Waals surface area contributed by atoms with Gasteiger partial charge in [0.25, 0.3) is 0 Å². The second kappa shape index (κ2) is 9.16. The van der Waals surface area contributed by atoms with Gasteiger partial charge in [-0.25, -0.2) is 0 Å². The average molecular weight is 280 g/mol. The van der Waals surface area contributed by atoms with E-state index < -0.39 is 5.54 Å². The number of amides is 2. The molecule has 0 saturated carbocycles. The van der Waals surface area contributed by atoms with Crippen molar-refractivity contribution >= 4 is 24.2 Å². The van der Waals surface area contributed by atoms with E-state index in [9.17, 15) is 9.59 Å². The van der Waals surface area contributed by atoms with E-state index in [2.05, 4.69) is 5.32 Å². The Kier molecular flexibility index (Phi) is 9.94. The zero-order valence-corrected chi connectivity index (χ0v) is 12.6. The topological polar surface area (TPSA) is 75.4 Å². The molecule has 0 saturated heterocycles. The van der Waals surface area contributed by atoms with Gasteiger partial charge in [-0.3, -0.25) is 9.59 Å². The highest BCUT2D eigenvalue weighted by Gasteiger charge is 2.20. The number of nitrogens with two attached hydrogens (primary N) is 1. The normalized spacial score (nSPS) is 10.5. The van der Waals surface area contributed by atoms with Crippen LogP contribution in [-0.2, 0) is 9.59 Å². The van der Waals surface area contributed by atoms with E-state index in [1.54, 1.807) is 18.7 Å². The van der Waals surface area contributed by atoms with Gasteiger partial charge in [-0.15, -0.1) is 12.4 Å². The first-order valence-electron chi connectivity index (χ1n) is 6.17. The predicted molar refractivity (Wildman–Crippen MR) is 75.7 cm³/mol. The molecule has 0 aliphatic rings. The van der Waals surface area contributed by atoms with Crippen molar-refractivity contribution in [3.63, 3.8) is 0 Å². The van der Waals surface area contributed by atoms with Gasteiger partial charge in [-0.1, -0.05) is 0 Å². The summed E-state index contributed by atoms with van der Waals surface area (Å²) in [6.07, 6.45) is 1.12. The first kappa shape index (κ1) is 19.5. The summed E-state index contributed by atoms with van der Waals surface area (Å²) in [5.74, 6) is -0.0518. The molecule has 0 aromatic heterocycles. The van der Waals surface area contributed by atoms with Gasteiger partial charge in [-0.2, -0.15) is 0 Å². The molecule has 108 valence electrons. The summed E-state index contributed by atoms with van der Waals surface area (Å²) in [5.41, 5.74) is 4.77. The van der Waals surface area contributed by atoms with Crippen LogP contribution >= 0.6 is 12.4 Å². The first-order valence-corrected chi connectivity index (χ1v) is 6.17. The van der Waals surface area contributed by atoms with Crippen LogP contribution in [0.15, 0.2) is 0 Å². The van der Waals surface area contributed by atoms with E-state index in [-0.39, 0.29) is 24.2 Å². The van der Waals surface area contributed by atoms with Crippen molar-refractivity contribution in [1.29, 1.82) is 0 Å². The third-order valence-electron chi connectivity index (χ3n) is 2.55. The van der Waals surface area contributed by atoms with Crippen molar-refractivity contribution < 1.29 is 9.59 Å². The minimum atomic E-state index is -0.858. The molecule has 0 rings (SSSR count). The average Bonchev–Trinajstić information content (AvgIpc) is 2.24.